The van der Waals surface area contributed by atoms with E-state index in [1.807, 2.05) is 6.07 Å². The summed E-state index contributed by atoms with van der Waals surface area (Å²) in [5.41, 5.74) is 6.34. The summed E-state index contributed by atoms with van der Waals surface area (Å²) in [5, 5.41) is 2.49. The Kier molecular flexibility index (Phi) is 4.28. The minimum Gasteiger partial charge on any atom is -0.351 e. The van der Waals surface area contributed by atoms with Crippen LogP contribution in [0.25, 0.3) is 6.08 Å². The molecule has 5 heteroatoms. The normalized spacial score (nSPS) is 10.2. The van der Waals surface area contributed by atoms with Gasteiger partial charge in [0, 0.05) is 25.9 Å². The number of hydrogen-bond donors (Lipinski definition) is 2. The molecule has 1 aromatic rings. The Bertz CT molecular complexity index is 453. The molecule has 3 amide bonds. The molecule has 17 heavy (non-hydrogen) atoms. The number of carbonyl (C=O) groups is 2. The molecule has 0 heterocycles. The van der Waals surface area contributed by atoms with Crippen molar-refractivity contribution in [3.05, 3.63) is 35.9 Å². The highest BCUT2D eigenvalue weighted by atomic mass is 16.2. The van der Waals surface area contributed by atoms with E-state index >= 15 is 0 Å². The van der Waals surface area contributed by atoms with Gasteiger partial charge >= 0.3 is 6.03 Å². The van der Waals surface area contributed by atoms with Gasteiger partial charge in [0.2, 0.25) is 5.91 Å². The van der Waals surface area contributed by atoms with Gasteiger partial charge in [0.15, 0.2) is 0 Å². The zero-order chi connectivity index (χ0) is 12.8. The number of urea groups is 1. The van der Waals surface area contributed by atoms with E-state index in [9.17, 15) is 9.59 Å². The van der Waals surface area contributed by atoms with Gasteiger partial charge in [-0.15, -0.1) is 0 Å². The second-order valence-corrected chi connectivity index (χ2v) is 3.64. The van der Waals surface area contributed by atoms with Crippen molar-refractivity contribution in [2.24, 2.45) is 5.73 Å². The molecule has 90 valence electrons. The molecule has 3 N–H and O–H groups in total. The second kappa shape index (κ2) is 5.69. The number of nitrogens with one attached hydrogen (secondary N) is 1. The van der Waals surface area contributed by atoms with Gasteiger partial charge in [0.05, 0.1) is 0 Å². The number of likely N-dealkylation sites (N-methyl/N-ethyl adjacent to an activating group) is 1. The number of nitrogens with two attached hydrogens (primary N) is 1. The molecule has 0 aliphatic heterocycles. The van der Waals surface area contributed by atoms with Crippen molar-refractivity contribution < 1.29 is 9.59 Å². The molecule has 0 bridgehead atoms. The van der Waals surface area contributed by atoms with Crippen molar-refractivity contribution in [1.29, 1.82) is 0 Å². The Morgan fingerprint density at radius 1 is 1.29 bits per heavy atom. The first-order valence-corrected chi connectivity index (χ1v) is 5.05. The summed E-state index contributed by atoms with van der Waals surface area (Å²) in [6.45, 7) is 0. The fourth-order valence-corrected chi connectivity index (χ4v) is 1.20. The lowest BCUT2D eigenvalue weighted by atomic mass is 10.1. The van der Waals surface area contributed by atoms with E-state index in [4.69, 9.17) is 5.73 Å². The van der Waals surface area contributed by atoms with Gasteiger partial charge < -0.3 is 16.0 Å². The topological polar surface area (TPSA) is 75.4 Å². The molecular formula is C12H15N3O2. The Morgan fingerprint density at radius 3 is 2.53 bits per heavy atom. The van der Waals surface area contributed by atoms with Gasteiger partial charge in [0.25, 0.3) is 0 Å². The largest absolute Gasteiger partial charge is 0.351 e. The van der Waals surface area contributed by atoms with Crippen LogP contribution in [0.1, 0.15) is 5.56 Å². The molecule has 0 fully saturated rings. The molecule has 0 atom stereocenters. The molecule has 0 saturated carbocycles. The lowest BCUT2D eigenvalue weighted by molar-refractivity contribution is -0.123. The van der Waals surface area contributed by atoms with Crippen LogP contribution in [0.5, 0.6) is 0 Å². The maximum Gasteiger partial charge on any atom is 0.316 e. The van der Waals surface area contributed by atoms with E-state index in [2.05, 4.69) is 5.32 Å². The van der Waals surface area contributed by atoms with Gasteiger partial charge in [-0.1, -0.05) is 18.2 Å². The summed E-state index contributed by atoms with van der Waals surface area (Å²) in [4.78, 5) is 23.6. The molecule has 0 unspecified atom stereocenters. The third-order valence-electron chi connectivity index (χ3n) is 2.06. The molecule has 0 radical (unpaired) electrons. The van der Waals surface area contributed by atoms with Crippen molar-refractivity contribution in [1.82, 2.24) is 4.90 Å². The summed E-state index contributed by atoms with van der Waals surface area (Å²) in [5.74, 6) is -0.126. The molecule has 0 aliphatic carbocycles. The average Bonchev–Trinajstić information content (AvgIpc) is 2.26. The van der Waals surface area contributed by atoms with E-state index in [0.717, 1.165) is 5.56 Å². The lowest BCUT2D eigenvalue weighted by Crippen LogP contribution is -2.20. The Labute approximate surface area is 99.9 Å². The van der Waals surface area contributed by atoms with Crippen LogP contribution >= 0.6 is 0 Å². The predicted octanol–water partition coefficient (Wildman–Crippen LogP) is 1.28. The van der Waals surface area contributed by atoms with Crippen LogP contribution in [0.15, 0.2) is 30.3 Å². The zero-order valence-electron chi connectivity index (χ0n) is 9.81. The maximum atomic E-state index is 11.4. The van der Waals surface area contributed by atoms with E-state index in [1.165, 1.54) is 11.0 Å². The standard InChI is InChI=1S/C12H15N3O2/c1-15(2)11(16)8-7-9-5-3-4-6-10(9)14-12(13)17/h3-8H,1-2H3,(H3,13,14,17)/b8-7+. The number of hydrogen-bond acceptors (Lipinski definition) is 2. The number of carbonyl (C=O) groups excluding carboxylic acids is 2. The van der Waals surface area contributed by atoms with Crippen molar-refractivity contribution in [2.45, 2.75) is 0 Å². The SMILES string of the molecule is CN(C)C(=O)/C=C/c1ccccc1NC(N)=O. The first-order valence-electron chi connectivity index (χ1n) is 5.05. The van der Waals surface area contributed by atoms with Gasteiger partial charge in [-0.05, 0) is 17.7 Å². The molecule has 0 aromatic heterocycles. The fraction of sp³-hybridized carbons (Fsp3) is 0.167. The van der Waals surface area contributed by atoms with Crippen molar-refractivity contribution in [3.8, 4) is 0 Å². The predicted molar refractivity (Wildman–Crippen MR) is 67.4 cm³/mol. The molecule has 5 nitrogen and oxygen atoms in total. The van der Waals surface area contributed by atoms with Crippen LogP contribution < -0.4 is 11.1 Å². The number of benzene rings is 1. The molecular weight excluding hydrogens is 218 g/mol. The highest BCUT2D eigenvalue weighted by molar-refractivity contribution is 5.94. The first kappa shape index (κ1) is 12.8. The number of para-hydroxylation sites is 1. The summed E-state index contributed by atoms with van der Waals surface area (Å²) in [6, 6.07) is 6.45. The van der Waals surface area contributed by atoms with E-state index in [0.29, 0.717) is 5.69 Å². The van der Waals surface area contributed by atoms with Gasteiger partial charge in [0.1, 0.15) is 0 Å². The van der Waals surface area contributed by atoms with Crippen molar-refractivity contribution >= 4 is 23.7 Å². The molecule has 0 saturated heterocycles. The zero-order valence-corrected chi connectivity index (χ0v) is 9.81. The monoisotopic (exact) mass is 233 g/mol. The molecule has 1 aromatic carbocycles. The van der Waals surface area contributed by atoms with E-state index in [-0.39, 0.29) is 5.91 Å². The van der Waals surface area contributed by atoms with Crippen molar-refractivity contribution in [3.63, 3.8) is 0 Å². The highest BCUT2D eigenvalue weighted by Crippen LogP contribution is 2.16. The van der Waals surface area contributed by atoms with Crippen LogP contribution in [0, 0.1) is 0 Å². The molecule has 1 rings (SSSR count). The summed E-state index contributed by atoms with van der Waals surface area (Å²) >= 11 is 0. The first-order chi connectivity index (χ1) is 8.00. The number of primary amides is 1. The van der Waals surface area contributed by atoms with Crippen molar-refractivity contribution in [2.75, 3.05) is 19.4 Å². The van der Waals surface area contributed by atoms with Gasteiger partial charge in [-0.3, -0.25) is 4.79 Å². The second-order valence-electron chi connectivity index (χ2n) is 3.64. The third-order valence-corrected chi connectivity index (χ3v) is 2.06. The van der Waals surface area contributed by atoms with Crippen LogP contribution in [-0.2, 0) is 4.79 Å². The minimum absolute atomic E-state index is 0.126. The smallest absolute Gasteiger partial charge is 0.316 e. The maximum absolute atomic E-state index is 11.4. The van der Waals surface area contributed by atoms with Gasteiger partial charge in [-0.25, -0.2) is 4.79 Å². The summed E-state index contributed by atoms with van der Waals surface area (Å²) in [6.07, 6.45) is 3.06. The number of amides is 3. The minimum atomic E-state index is -0.634. The fourth-order valence-electron chi connectivity index (χ4n) is 1.20. The quantitative estimate of drug-likeness (QED) is 0.771. The number of nitrogens with zero attached hydrogens (tertiary/aromatic N) is 1. The number of rotatable bonds is 3. The molecule has 0 aliphatic rings. The Balaban J connectivity index is 2.90. The summed E-state index contributed by atoms with van der Waals surface area (Å²) in [7, 11) is 3.33. The van der Waals surface area contributed by atoms with Gasteiger partial charge in [-0.2, -0.15) is 0 Å². The third kappa shape index (κ3) is 3.98. The molecule has 0 spiro atoms. The van der Waals surface area contributed by atoms with E-state index in [1.54, 1.807) is 38.4 Å². The Morgan fingerprint density at radius 2 is 1.94 bits per heavy atom. The highest BCUT2D eigenvalue weighted by Gasteiger charge is 2.02. The van der Waals surface area contributed by atoms with Crippen LogP contribution in [0.3, 0.4) is 0 Å². The van der Waals surface area contributed by atoms with Crippen LogP contribution in [-0.4, -0.2) is 30.9 Å². The van der Waals surface area contributed by atoms with Crippen LogP contribution in [0.2, 0.25) is 0 Å². The van der Waals surface area contributed by atoms with E-state index < -0.39 is 6.03 Å². The lowest BCUT2D eigenvalue weighted by Gasteiger charge is -2.07. The average molecular weight is 233 g/mol. The number of anilines is 1. The van der Waals surface area contributed by atoms with Crippen LogP contribution in [0.4, 0.5) is 10.5 Å². The summed E-state index contributed by atoms with van der Waals surface area (Å²) < 4.78 is 0. The Hall–Kier alpha value is -2.30.